The monoisotopic (exact) mass is 262 g/mol. The molecule has 0 aliphatic carbocycles. The molecule has 0 fully saturated rings. The summed E-state index contributed by atoms with van der Waals surface area (Å²) in [4.78, 5) is 11.8. The molecule has 19 heavy (non-hydrogen) atoms. The minimum atomic E-state index is -0.429. The van der Waals surface area contributed by atoms with Gasteiger partial charge >= 0.3 is 6.03 Å². The maximum atomic E-state index is 11.8. The summed E-state index contributed by atoms with van der Waals surface area (Å²) in [5.74, 6) is 1.52. The second-order valence-electron chi connectivity index (χ2n) is 3.62. The molecule has 6 nitrogen and oxygen atoms in total. The van der Waals surface area contributed by atoms with E-state index in [9.17, 15) is 4.79 Å². The Morgan fingerprint density at radius 3 is 2.63 bits per heavy atom. The van der Waals surface area contributed by atoms with E-state index >= 15 is 0 Å². The van der Waals surface area contributed by atoms with Gasteiger partial charge in [0.25, 0.3) is 0 Å². The SMILES string of the molecule is COc1ccc(OC)c(NC(=O)Nc2ccco2)c1. The number of ether oxygens (including phenoxy) is 2. The van der Waals surface area contributed by atoms with Crippen molar-refractivity contribution in [3.8, 4) is 11.5 Å². The molecule has 0 saturated heterocycles. The van der Waals surface area contributed by atoms with Crippen molar-refractivity contribution in [1.82, 2.24) is 0 Å². The molecule has 0 bridgehead atoms. The van der Waals surface area contributed by atoms with E-state index in [1.807, 2.05) is 0 Å². The van der Waals surface area contributed by atoms with Gasteiger partial charge in [-0.2, -0.15) is 0 Å². The molecule has 6 heteroatoms. The number of urea groups is 1. The lowest BCUT2D eigenvalue weighted by Gasteiger charge is -2.11. The normalized spacial score (nSPS) is 9.79. The lowest BCUT2D eigenvalue weighted by molar-refractivity contribution is 0.261. The molecule has 0 unspecified atom stereocenters. The molecule has 0 radical (unpaired) electrons. The summed E-state index contributed by atoms with van der Waals surface area (Å²) in [5, 5.41) is 5.21. The zero-order valence-corrected chi connectivity index (χ0v) is 10.6. The molecule has 1 heterocycles. The van der Waals surface area contributed by atoms with Crippen LogP contribution in [0.25, 0.3) is 0 Å². The molecule has 2 N–H and O–H groups in total. The van der Waals surface area contributed by atoms with Gasteiger partial charge in [-0.05, 0) is 18.2 Å². The van der Waals surface area contributed by atoms with Crippen LogP contribution in [0.5, 0.6) is 11.5 Å². The second-order valence-corrected chi connectivity index (χ2v) is 3.62. The Morgan fingerprint density at radius 1 is 1.16 bits per heavy atom. The van der Waals surface area contributed by atoms with E-state index < -0.39 is 6.03 Å². The number of carbonyl (C=O) groups excluding carboxylic acids is 1. The molecule has 0 spiro atoms. The highest BCUT2D eigenvalue weighted by molar-refractivity contribution is 6.00. The van der Waals surface area contributed by atoms with Gasteiger partial charge in [-0.15, -0.1) is 0 Å². The summed E-state index contributed by atoms with van der Waals surface area (Å²) in [5.41, 5.74) is 0.505. The number of anilines is 2. The van der Waals surface area contributed by atoms with Crippen LogP contribution in [0.1, 0.15) is 0 Å². The maximum absolute atomic E-state index is 11.8. The van der Waals surface area contributed by atoms with Crippen LogP contribution in [-0.2, 0) is 0 Å². The number of amides is 2. The van der Waals surface area contributed by atoms with Crippen LogP contribution in [0.15, 0.2) is 41.0 Å². The van der Waals surface area contributed by atoms with E-state index in [-0.39, 0.29) is 0 Å². The van der Waals surface area contributed by atoms with Crippen molar-refractivity contribution in [2.45, 2.75) is 0 Å². The Balaban J connectivity index is 2.10. The van der Waals surface area contributed by atoms with Crippen molar-refractivity contribution >= 4 is 17.6 Å². The zero-order valence-electron chi connectivity index (χ0n) is 10.6. The van der Waals surface area contributed by atoms with Crippen LogP contribution in [0.3, 0.4) is 0 Å². The van der Waals surface area contributed by atoms with Gasteiger partial charge in [0, 0.05) is 12.1 Å². The van der Waals surface area contributed by atoms with Gasteiger partial charge in [-0.25, -0.2) is 4.79 Å². The maximum Gasteiger partial charge on any atom is 0.326 e. The minimum absolute atomic E-state index is 0.361. The lowest BCUT2D eigenvalue weighted by atomic mass is 10.2. The molecular weight excluding hydrogens is 248 g/mol. The number of benzene rings is 1. The van der Waals surface area contributed by atoms with Crippen LogP contribution in [0, 0.1) is 0 Å². The molecule has 1 aromatic heterocycles. The highest BCUT2D eigenvalue weighted by Gasteiger charge is 2.09. The fourth-order valence-electron chi connectivity index (χ4n) is 1.53. The van der Waals surface area contributed by atoms with E-state index in [2.05, 4.69) is 10.6 Å². The van der Waals surface area contributed by atoms with Gasteiger partial charge in [0.2, 0.25) is 5.88 Å². The van der Waals surface area contributed by atoms with Gasteiger partial charge in [-0.1, -0.05) is 0 Å². The van der Waals surface area contributed by atoms with Gasteiger partial charge in [0.1, 0.15) is 11.5 Å². The van der Waals surface area contributed by atoms with E-state index in [1.165, 1.54) is 13.4 Å². The standard InChI is InChI=1S/C13H14N2O4/c1-17-9-5-6-11(18-2)10(8-9)14-13(16)15-12-4-3-7-19-12/h3-8H,1-2H3,(H2,14,15,16). The van der Waals surface area contributed by atoms with Crippen molar-refractivity contribution < 1.29 is 18.7 Å². The van der Waals surface area contributed by atoms with Gasteiger partial charge < -0.3 is 19.2 Å². The van der Waals surface area contributed by atoms with Crippen LogP contribution < -0.4 is 20.1 Å². The summed E-state index contributed by atoms with van der Waals surface area (Å²) in [6, 6.07) is 8.02. The fraction of sp³-hybridized carbons (Fsp3) is 0.154. The minimum Gasteiger partial charge on any atom is -0.497 e. The van der Waals surface area contributed by atoms with E-state index in [0.29, 0.717) is 23.1 Å². The third-order valence-corrected chi connectivity index (χ3v) is 2.41. The predicted octanol–water partition coefficient (Wildman–Crippen LogP) is 2.94. The Bertz CT molecular complexity index is 552. The molecule has 2 amide bonds. The quantitative estimate of drug-likeness (QED) is 0.888. The third-order valence-electron chi connectivity index (χ3n) is 2.41. The van der Waals surface area contributed by atoms with E-state index in [4.69, 9.17) is 13.9 Å². The summed E-state index contributed by atoms with van der Waals surface area (Å²) < 4.78 is 15.3. The Labute approximate surface area is 110 Å². The van der Waals surface area contributed by atoms with Crippen molar-refractivity contribution in [3.63, 3.8) is 0 Å². The van der Waals surface area contributed by atoms with E-state index in [1.54, 1.807) is 37.4 Å². The molecule has 2 rings (SSSR count). The lowest BCUT2D eigenvalue weighted by Crippen LogP contribution is -2.19. The number of hydrogen-bond donors (Lipinski definition) is 2. The number of rotatable bonds is 4. The largest absolute Gasteiger partial charge is 0.497 e. The first-order chi connectivity index (χ1) is 9.22. The summed E-state index contributed by atoms with van der Waals surface area (Å²) in [6.07, 6.45) is 1.47. The highest BCUT2D eigenvalue weighted by atomic mass is 16.5. The average Bonchev–Trinajstić information content (AvgIpc) is 2.91. The molecule has 1 aromatic carbocycles. The van der Waals surface area contributed by atoms with Gasteiger partial charge in [-0.3, -0.25) is 5.32 Å². The Hall–Kier alpha value is -2.63. The second kappa shape index (κ2) is 5.81. The van der Waals surface area contributed by atoms with Crippen molar-refractivity contribution in [3.05, 3.63) is 36.6 Å². The molecule has 0 aliphatic heterocycles. The number of furan rings is 1. The van der Waals surface area contributed by atoms with Crippen molar-refractivity contribution in [2.75, 3.05) is 24.9 Å². The third kappa shape index (κ3) is 3.19. The molecule has 100 valence electrons. The van der Waals surface area contributed by atoms with Crippen molar-refractivity contribution in [2.24, 2.45) is 0 Å². The number of carbonyl (C=O) groups is 1. The zero-order chi connectivity index (χ0) is 13.7. The van der Waals surface area contributed by atoms with E-state index in [0.717, 1.165) is 0 Å². The van der Waals surface area contributed by atoms with Crippen LogP contribution >= 0.6 is 0 Å². The summed E-state index contributed by atoms with van der Waals surface area (Å²) >= 11 is 0. The Kier molecular flexibility index (Phi) is 3.92. The highest BCUT2D eigenvalue weighted by Crippen LogP contribution is 2.28. The topological polar surface area (TPSA) is 72.7 Å². The smallest absolute Gasteiger partial charge is 0.326 e. The number of nitrogens with one attached hydrogen (secondary N) is 2. The van der Waals surface area contributed by atoms with Gasteiger partial charge in [0.15, 0.2) is 0 Å². The average molecular weight is 262 g/mol. The fourth-order valence-corrected chi connectivity index (χ4v) is 1.53. The first kappa shape index (κ1) is 12.8. The number of hydrogen-bond acceptors (Lipinski definition) is 4. The predicted molar refractivity (Wildman–Crippen MR) is 70.9 cm³/mol. The van der Waals surface area contributed by atoms with Gasteiger partial charge in [0.05, 0.1) is 26.2 Å². The molecule has 0 saturated carbocycles. The van der Waals surface area contributed by atoms with Crippen LogP contribution in [0.2, 0.25) is 0 Å². The van der Waals surface area contributed by atoms with Crippen LogP contribution in [-0.4, -0.2) is 20.3 Å². The first-order valence-electron chi connectivity index (χ1n) is 5.56. The molecule has 0 atom stereocenters. The summed E-state index contributed by atoms with van der Waals surface area (Å²) in [7, 11) is 3.08. The number of methoxy groups -OCH3 is 2. The first-order valence-corrected chi connectivity index (χ1v) is 5.56. The summed E-state index contributed by atoms with van der Waals surface area (Å²) in [6.45, 7) is 0. The van der Waals surface area contributed by atoms with Crippen molar-refractivity contribution in [1.29, 1.82) is 0 Å². The van der Waals surface area contributed by atoms with Crippen LogP contribution in [0.4, 0.5) is 16.4 Å². The molecule has 0 aliphatic rings. The molecule has 2 aromatic rings. The Morgan fingerprint density at radius 2 is 2.00 bits per heavy atom. The molecular formula is C13H14N2O4.